The number of amides is 1. The van der Waals surface area contributed by atoms with Crippen molar-refractivity contribution in [1.82, 2.24) is 5.48 Å². The molecule has 7 heteroatoms. The normalized spacial score (nSPS) is 10.6. The predicted molar refractivity (Wildman–Crippen MR) is 55.2 cm³/mol. The molecular weight excluding hydrogens is 201 g/mol. The van der Waals surface area contributed by atoms with Gasteiger partial charge in [-0.15, -0.1) is 4.28 Å². The number of carbonyl (C=O) groups is 1. The van der Waals surface area contributed by atoms with Gasteiger partial charge in [0.25, 0.3) is 16.0 Å². The van der Waals surface area contributed by atoms with Crippen LogP contribution >= 0.6 is 0 Å². The van der Waals surface area contributed by atoms with Crippen LogP contribution in [0.25, 0.3) is 0 Å². The van der Waals surface area contributed by atoms with Crippen LogP contribution in [0.2, 0.25) is 0 Å². The van der Waals surface area contributed by atoms with E-state index in [1.807, 2.05) is 0 Å². The Hall–Kier alpha value is -0.283. The third kappa shape index (κ3) is 5.45. The van der Waals surface area contributed by atoms with Crippen LogP contribution in [0.1, 0.15) is 20.8 Å². The van der Waals surface area contributed by atoms with Crippen LogP contribution < -0.4 is 5.48 Å². The summed E-state index contributed by atoms with van der Waals surface area (Å²) in [6.45, 7) is 7.65. The molecule has 14 heavy (non-hydrogen) atoms. The molecule has 0 aromatic heterocycles. The summed E-state index contributed by atoms with van der Waals surface area (Å²) in [4.78, 5) is 10.8. The first-order valence-electron chi connectivity index (χ1n) is 3.65. The van der Waals surface area contributed by atoms with Gasteiger partial charge >= 0.3 is 18.9 Å². The summed E-state index contributed by atoms with van der Waals surface area (Å²) < 4.78 is 26.2. The molecule has 0 radical (unpaired) electrons. The molecule has 0 bridgehead atoms. The Bertz CT molecular complexity index is 310. The van der Waals surface area contributed by atoms with Crippen molar-refractivity contribution in [3.05, 3.63) is 12.2 Å². The molecule has 0 saturated carbocycles. The minimum absolute atomic E-state index is 0. The van der Waals surface area contributed by atoms with Crippen LogP contribution in [0.5, 0.6) is 0 Å². The zero-order valence-corrected chi connectivity index (χ0v) is 8.64. The van der Waals surface area contributed by atoms with E-state index in [-0.39, 0.29) is 24.4 Å². The Morgan fingerprint density at radius 3 is 2.14 bits per heavy atom. The number of carbonyl (C=O) groups excluding carboxylic acids is 1. The van der Waals surface area contributed by atoms with Crippen LogP contribution in [-0.2, 0) is 19.2 Å². The van der Waals surface area contributed by atoms with Crippen molar-refractivity contribution in [3.63, 3.8) is 0 Å². The van der Waals surface area contributed by atoms with Gasteiger partial charge in [0, 0.05) is 5.57 Å². The predicted octanol–water partition coefficient (Wildman–Crippen LogP) is -0.300. The summed E-state index contributed by atoms with van der Waals surface area (Å²) in [5.41, 5.74) is 1.96. The second-order valence-corrected chi connectivity index (χ2v) is 4.93. The molecule has 0 rings (SSSR count). The quantitative estimate of drug-likeness (QED) is 0.397. The van der Waals surface area contributed by atoms with E-state index < -0.39 is 21.3 Å². The third-order valence-electron chi connectivity index (χ3n) is 1.22. The average Bonchev–Trinajstić information content (AvgIpc) is 1.99. The maximum absolute atomic E-state index is 11.0. The van der Waals surface area contributed by atoms with E-state index in [4.69, 9.17) is 0 Å². The second-order valence-electron chi connectivity index (χ2n) is 2.84. The minimum atomic E-state index is -3.70. The van der Waals surface area contributed by atoms with Gasteiger partial charge in [0.2, 0.25) is 0 Å². The standard InChI is InChI=1S/C7H13NO4S.Li.H/c1-5(2)7(9)8-12-13(10,11)6(3)4;;/h6H,1H2,2-4H3,(H,8,9);;. The Kier molecular flexibility index (Phi) is 7.21. The summed E-state index contributed by atoms with van der Waals surface area (Å²) in [5, 5.41) is -0.696. The molecule has 0 aliphatic heterocycles. The van der Waals surface area contributed by atoms with E-state index in [0.717, 1.165) is 0 Å². The van der Waals surface area contributed by atoms with Crippen LogP contribution in [0.4, 0.5) is 0 Å². The fourth-order valence-corrected chi connectivity index (χ4v) is 0.664. The van der Waals surface area contributed by atoms with Gasteiger partial charge < -0.3 is 0 Å². The van der Waals surface area contributed by atoms with Crippen LogP contribution in [0.15, 0.2) is 12.2 Å². The van der Waals surface area contributed by atoms with Crippen molar-refractivity contribution >= 4 is 34.9 Å². The SMILES string of the molecule is C=C(C)C(=O)NOS(=O)(=O)C(C)C.[LiH]. The Morgan fingerprint density at radius 1 is 1.43 bits per heavy atom. The zero-order valence-electron chi connectivity index (χ0n) is 7.83. The van der Waals surface area contributed by atoms with Gasteiger partial charge in [-0.25, -0.2) is 5.48 Å². The summed E-state index contributed by atoms with van der Waals surface area (Å²) in [5.74, 6) is -0.649. The van der Waals surface area contributed by atoms with Gasteiger partial charge in [0.1, 0.15) is 0 Å². The summed E-state index contributed by atoms with van der Waals surface area (Å²) in [6, 6.07) is 0. The first-order chi connectivity index (χ1) is 5.77. The Balaban J connectivity index is 0. The number of rotatable bonds is 4. The van der Waals surface area contributed by atoms with Gasteiger partial charge in [0.05, 0.1) is 5.25 Å². The van der Waals surface area contributed by atoms with Crippen LogP contribution in [-0.4, -0.2) is 38.4 Å². The van der Waals surface area contributed by atoms with Crippen LogP contribution in [0, 0.1) is 0 Å². The number of hydrogen-bond donors (Lipinski definition) is 1. The molecule has 0 fully saturated rings. The van der Waals surface area contributed by atoms with Gasteiger partial charge in [-0.05, 0) is 20.8 Å². The Labute approximate surface area is 96.2 Å². The van der Waals surface area contributed by atoms with E-state index in [1.54, 1.807) is 5.48 Å². The molecule has 0 saturated heterocycles. The van der Waals surface area contributed by atoms with E-state index in [9.17, 15) is 13.2 Å². The summed E-state index contributed by atoms with van der Waals surface area (Å²) in [7, 11) is -3.70. The van der Waals surface area contributed by atoms with E-state index in [2.05, 4.69) is 10.9 Å². The second kappa shape index (κ2) is 6.25. The number of hydroxylamine groups is 1. The van der Waals surface area contributed by atoms with Gasteiger partial charge in [-0.3, -0.25) is 4.79 Å². The van der Waals surface area contributed by atoms with Crippen molar-refractivity contribution in [2.75, 3.05) is 0 Å². The Morgan fingerprint density at radius 2 is 1.86 bits per heavy atom. The summed E-state index contributed by atoms with van der Waals surface area (Å²) >= 11 is 0. The molecule has 0 aromatic rings. The van der Waals surface area contributed by atoms with Crippen molar-refractivity contribution in [2.24, 2.45) is 0 Å². The fourth-order valence-electron chi connectivity index (χ4n) is 0.279. The van der Waals surface area contributed by atoms with E-state index in [0.29, 0.717) is 0 Å². The molecule has 0 atom stereocenters. The number of nitrogens with one attached hydrogen (secondary N) is 1. The van der Waals surface area contributed by atoms with Gasteiger partial charge in [-0.2, -0.15) is 8.42 Å². The molecule has 1 amide bonds. The molecule has 0 unspecified atom stereocenters. The van der Waals surface area contributed by atoms with Crippen LogP contribution in [0.3, 0.4) is 0 Å². The third-order valence-corrected chi connectivity index (χ3v) is 2.69. The molecule has 1 N–H and O–H groups in total. The van der Waals surface area contributed by atoms with Crippen molar-refractivity contribution in [3.8, 4) is 0 Å². The topological polar surface area (TPSA) is 72.5 Å². The monoisotopic (exact) mass is 215 g/mol. The first-order valence-corrected chi connectivity index (χ1v) is 5.12. The average molecular weight is 215 g/mol. The molecule has 0 spiro atoms. The molecule has 78 valence electrons. The zero-order chi connectivity index (χ0) is 10.6. The molecule has 0 aliphatic rings. The maximum atomic E-state index is 11.0. The van der Waals surface area contributed by atoms with Gasteiger partial charge in [0.15, 0.2) is 0 Å². The molecular formula is C7H14LiNO4S. The van der Waals surface area contributed by atoms with E-state index in [1.165, 1.54) is 20.8 Å². The van der Waals surface area contributed by atoms with Crippen molar-refractivity contribution < 1.29 is 17.5 Å². The molecule has 5 nitrogen and oxygen atoms in total. The van der Waals surface area contributed by atoms with Gasteiger partial charge in [-0.1, -0.05) is 6.58 Å². The molecule has 0 aliphatic carbocycles. The molecule has 0 heterocycles. The number of hydrogen-bond acceptors (Lipinski definition) is 4. The fraction of sp³-hybridized carbons (Fsp3) is 0.571. The summed E-state index contributed by atoms with van der Waals surface area (Å²) in [6.07, 6.45) is 0. The van der Waals surface area contributed by atoms with Crippen molar-refractivity contribution in [1.29, 1.82) is 0 Å². The first kappa shape index (κ1) is 16.2. The van der Waals surface area contributed by atoms with E-state index >= 15 is 0 Å². The van der Waals surface area contributed by atoms with Crippen molar-refractivity contribution in [2.45, 2.75) is 26.0 Å². The molecule has 0 aromatic carbocycles.